The van der Waals surface area contributed by atoms with E-state index in [9.17, 15) is 10.1 Å². The minimum atomic E-state index is -0.269. The van der Waals surface area contributed by atoms with Crippen molar-refractivity contribution in [3.63, 3.8) is 0 Å². The largest absolute Gasteiger partial charge is 0.378 e. The molecule has 2 aromatic carbocycles. The van der Waals surface area contributed by atoms with E-state index in [1.54, 1.807) is 6.07 Å². The van der Waals surface area contributed by atoms with Crippen molar-refractivity contribution in [2.45, 2.75) is 38.1 Å². The number of nitrogens with one attached hydrogen (secondary N) is 1. The van der Waals surface area contributed by atoms with Gasteiger partial charge in [-0.2, -0.15) is 0 Å². The van der Waals surface area contributed by atoms with Crippen molar-refractivity contribution in [3.8, 4) is 0 Å². The monoisotopic (exact) mass is 334 g/mol. The Hall–Kier alpha value is -2.36. The van der Waals surface area contributed by atoms with Crippen LogP contribution in [0.5, 0.6) is 0 Å². The summed E-state index contributed by atoms with van der Waals surface area (Å²) >= 11 is 0. The lowest BCUT2D eigenvalue weighted by atomic mass is 9.68. The molecule has 0 saturated heterocycles. The molecule has 4 nitrogen and oxygen atoms in total. The third-order valence-electron chi connectivity index (χ3n) is 6.72. The fourth-order valence-electron chi connectivity index (χ4n) is 5.69. The summed E-state index contributed by atoms with van der Waals surface area (Å²) in [5.74, 6) is 2.43. The van der Waals surface area contributed by atoms with E-state index in [0.717, 1.165) is 11.6 Å². The van der Waals surface area contributed by atoms with E-state index in [-0.39, 0.29) is 10.6 Å². The van der Waals surface area contributed by atoms with Gasteiger partial charge in [-0.05, 0) is 67.1 Å². The zero-order valence-corrected chi connectivity index (χ0v) is 14.3. The van der Waals surface area contributed by atoms with Crippen LogP contribution < -0.4 is 5.32 Å². The summed E-state index contributed by atoms with van der Waals surface area (Å²) < 4.78 is 0. The molecule has 2 aromatic rings. The van der Waals surface area contributed by atoms with Crippen molar-refractivity contribution >= 4 is 11.4 Å². The maximum absolute atomic E-state index is 11.2. The molecule has 2 bridgehead atoms. The molecule has 1 heterocycles. The third-order valence-corrected chi connectivity index (χ3v) is 6.72. The summed E-state index contributed by atoms with van der Waals surface area (Å²) in [6.07, 6.45) is 3.86. The number of non-ortho nitro benzene ring substituents is 1. The van der Waals surface area contributed by atoms with Gasteiger partial charge >= 0.3 is 0 Å². The second kappa shape index (κ2) is 5.32. The van der Waals surface area contributed by atoms with Crippen molar-refractivity contribution in [1.29, 1.82) is 0 Å². The lowest BCUT2D eigenvalue weighted by Crippen LogP contribution is -2.35. The minimum Gasteiger partial charge on any atom is -0.378 e. The first-order chi connectivity index (χ1) is 12.1. The second-order valence-corrected chi connectivity index (χ2v) is 8.00. The highest BCUT2D eigenvalue weighted by Crippen LogP contribution is 2.63. The highest BCUT2D eigenvalue weighted by Gasteiger charge is 2.54. The first-order valence-electron chi connectivity index (χ1n) is 9.23. The van der Waals surface area contributed by atoms with Crippen LogP contribution in [0, 0.1) is 34.8 Å². The van der Waals surface area contributed by atoms with E-state index >= 15 is 0 Å². The first kappa shape index (κ1) is 14.9. The van der Waals surface area contributed by atoms with Gasteiger partial charge in [-0.25, -0.2) is 0 Å². The number of nitro groups is 1. The molecule has 1 aliphatic heterocycles. The normalized spacial score (nSPS) is 32.0. The first-order valence-corrected chi connectivity index (χ1v) is 9.23. The molecule has 2 fully saturated rings. The van der Waals surface area contributed by atoms with Gasteiger partial charge in [0.25, 0.3) is 5.69 Å². The van der Waals surface area contributed by atoms with E-state index in [1.807, 2.05) is 12.1 Å². The average Bonchev–Trinajstić information content (AvgIpc) is 3.23. The lowest BCUT2D eigenvalue weighted by Gasteiger charge is -2.43. The van der Waals surface area contributed by atoms with Gasteiger partial charge in [0, 0.05) is 17.8 Å². The summed E-state index contributed by atoms with van der Waals surface area (Å²) in [6, 6.07) is 14.5. The Labute approximate surface area is 147 Å². The molecule has 0 spiro atoms. The molecule has 3 aliphatic rings. The molecule has 4 heteroatoms. The Morgan fingerprint density at radius 3 is 2.60 bits per heavy atom. The van der Waals surface area contributed by atoms with Crippen LogP contribution >= 0.6 is 0 Å². The number of nitrogens with zero attached hydrogens (tertiary/aromatic N) is 1. The molecular formula is C21H22N2O2. The van der Waals surface area contributed by atoms with Gasteiger partial charge in [0.1, 0.15) is 0 Å². The summed E-state index contributed by atoms with van der Waals surface area (Å²) in [6.45, 7) is 2.12. The van der Waals surface area contributed by atoms with Gasteiger partial charge < -0.3 is 5.32 Å². The molecule has 0 radical (unpaired) electrons. The van der Waals surface area contributed by atoms with Crippen LogP contribution in [0.3, 0.4) is 0 Å². The number of rotatable bonds is 2. The summed E-state index contributed by atoms with van der Waals surface area (Å²) in [5.41, 5.74) is 5.10. The SMILES string of the molecule is Cc1ccc([C@@H]2Nc3ccc([N+](=O)[O-])cc3[C@H]3[C@H]4CC[C@@H](C4)[C@H]32)cc1. The summed E-state index contributed by atoms with van der Waals surface area (Å²) in [7, 11) is 0. The van der Waals surface area contributed by atoms with Gasteiger partial charge in [0.15, 0.2) is 0 Å². The van der Waals surface area contributed by atoms with Crippen LogP contribution in [-0.2, 0) is 0 Å². The highest BCUT2D eigenvalue weighted by atomic mass is 16.6. The maximum Gasteiger partial charge on any atom is 0.269 e. The molecular weight excluding hydrogens is 312 g/mol. The minimum absolute atomic E-state index is 0.218. The Morgan fingerprint density at radius 1 is 1.08 bits per heavy atom. The fraction of sp³-hybridized carbons (Fsp3) is 0.429. The lowest BCUT2D eigenvalue weighted by molar-refractivity contribution is -0.384. The number of anilines is 1. The number of fused-ring (bicyclic) bond motifs is 7. The van der Waals surface area contributed by atoms with Crippen molar-refractivity contribution < 1.29 is 4.92 Å². The van der Waals surface area contributed by atoms with Crippen LogP contribution in [0.25, 0.3) is 0 Å². The zero-order chi connectivity index (χ0) is 17.1. The van der Waals surface area contributed by atoms with Crippen LogP contribution in [0.2, 0.25) is 0 Å². The molecule has 2 saturated carbocycles. The third kappa shape index (κ3) is 2.20. The van der Waals surface area contributed by atoms with Crippen molar-refractivity contribution in [2.75, 3.05) is 5.32 Å². The van der Waals surface area contributed by atoms with Gasteiger partial charge in [0.05, 0.1) is 11.0 Å². The number of hydrogen-bond acceptors (Lipinski definition) is 3. The number of nitro benzene ring substituents is 1. The van der Waals surface area contributed by atoms with Crippen molar-refractivity contribution in [3.05, 3.63) is 69.3 Å². The molecule has 25 heavy (non-hydrogen) atoms. The maximum atomic E-state index is 11.2. The molecule has 0 aromatic heterocycles. The quantitative estimate of drug-likeness (QED) is 0.606. The van der Waals surface area contributed by atoms with Crippen LogP contribution in [0.4, 0.5) is 11.4 Å². The van der Waals surface area contributed by atoms with E-state index in [1.165, 1.54) is 36.0 Å². The van der Waals surface area contributed by atoms with E-state index in [4.69, 9.17) is 0 Å². The summed E-state index contributed by atoms with van der Waals surface area (Å²) in [4.78, 5) is 11.0. The second-order valence-electron chi connectivity index (χ2n) is 8.00. The van der Waals surface area contributed by atoms with E-state index in [2.05, 4.69) is 36.5 Å². The predicted molar refractivity (Wildman–Crippen MR) is 97.7 cm³/mol. The van der Waals surface area contributed by atoms with Crippen LogP contribution in [0.15, 0.2) is 42.5 Å². The van der Waals surface area contributed by atoms with E-state index in [0.29, 0.717) is 23.8 Å². The molecule has 1 N–H and O–H groups in total. The Kier molecular flexibility index (Phi) is 3.18. The van der Waals surface area contributed by atoms with E-state index < -0.39 is 0 Å². The average molecular weight is 334 g/mol. The van der Waals surface area contributed by atoms with Crippen LogP contribution in [-0.4, -0.2) is 4.92 Å². The number of aryl methyl sites for hydroxylation is 1. The number of hydrogen-bond donors (Lipinski definition) is 1. The van der Waals surface area contributed by atoms with Gasteiger partial charge in [-0.3, -0.25) is 10.1 Å². The Morgan fingerprint density at radius 2 is 1.84 bits per heavy atom. The summed E-state index contributed by atoms with van der Waals surface area (Å²) in [5, 5.41) is 15.0. The van der Waals surface area contributed by atoms with Crippen LogP contribution in [0.1, 0.15) is 47.9 Å². The molecule has 0 unspecified atom stereocenters. The van der Waals surface area contributed by atoms with Gasteiger partial charge in [-0.15, -0.1) is 0 Å². The molecule has 0 amide bonds. The van der Waals surface area contributed by atoms with Crippen molar-refractivity contribution in [2.24, 2.45) is 17.8 Å². The molecule has 5 atom stereocenters. The fourth-order valence-corrected chi connectivity index (χ4v) is 5.69. The van der Waals surface area contributed by atoms with Gasteiger partial charge in [-0.1, -0.05) is 29.8 Å². The van der Waals surface area contributed by atoms with Crippen molar-refractivity contribution in [1.82, 2.24) is 0 Å². The molecule has 5 rings (SSSR count). The molecule has 128 valence electrons. The Bertz CT molecular complexity index is 845. The zero-order valence-electron chi connectivity index (χ0n) is 14.3. The smallest absolute Gasteiger partial charge is 0.269 e. The highest BCUT2D eigenvalue weighted by molar-refractivity contribution is 5.62. The van der Waals surface area contributed by atoms with Gasteiger partial charge in [0.2, 0.25) is 0 Å². The standard InChI is InChI=1S/C21H22N2O2/c1-12-2-4-13(5-3-12)21-20-15-7-6-14(10-15)19(20)17-11-16(23(24)25)8-9-18(17)22-21/h2-5,8-9,11,14-15,19-22H,6-7,10H2,1H3/t14-,15-,19+,20+,21-/m0/s1. The number of benzene rings is 2. The topological polar surface area (TPSA) is 55.2 Å². The molecule has 2 aliphatic carbocycles. The predicted octanol–water partition coefficient (Wildman–Crippen LogP) is 5.20. The Balaban J connectivity index is 1.62.